The third-order valence-corrected chi connectivity index (χ3v) is 3.09. The molecule has 2 unspecified atom stereocenters. The molecule has 0 aromatic heterocycles. The second-order valence-corrected chi connectivity index (χ2v) is 4.53. The highest BCUT2D eigenvalue weighted by atomic mass is 19.4. The van der Waals surface area contributed by atoms with Crippen molar-refractivity contribution in [2.45, 2.75) is 31.5 Å². The SMILES string of the molecule is CC(CN)C(=O)N1CCCC(O)(C(F)(F)F)C1. The van der Waals surface area contributed by atoms with Gasteiger partial charge in [0.2, 0.25) is 5.91 Å². The number of aliphatic hydroxyl groups is 1. The first-order valence-electron chi connectivity index (χ1n) is 5.49. The molecule has 1 aliphatic heterocycles. The van der Waals surface area contributed by atoms with Crippen molar-refractivity contribution in [1.29, 1.82) is 0 Å². The number of nitrogens with two attached hydrogens (primary N) is 1. The Morgan fingerprint density at radius 1 is 1.59 bits per heavy atom. The summed E-state index contributed by atoms with van der Waals surface area (Å²) < 4.78 is 37.9. The average molecular weight is 254 g/mol. The third kappa shape index (κ3) is 2.90. The number of hydrogen-bond donors (Lipinski definition) is 2. The fourth-order valence-electron chi connectivity index (χ4n) is 1.87. The van der Waals surface area contributed by atoms with Crippen LogP contribution >= 0.6 is 0 Å². The fourth-order valence-corrected chi connectivity index (χ4v) is 1.87. The summed E-state index contributed by atoms with van der Waals surface area (Å²) in [6.07, 6.45) is -4.94. The van der Waals surface area contributed by atoms with Crippen LogP contribution in [0.15, 0.2) is 0 Å². The van der Waals surface area contributed by atoms with Crippen LogP contribution in [-0.4, -0.2) is 47.3 Å². The molecule has 1 amide bonds. The first-order valence-corrected chi connectivity index (χ1v) is 5.49. The molecule has 1 fully saturated rings. The van der Waals surface area contributed by atoms with E-state index in [1.165, 1.54) is 0 Å². The van der Waals surface area contributed by atoms with Gasteiger partial charge in [-0.2, -0.15) is 13.2 Å². The van der Waals surface area contributed by atoms with E-state index in [-0.39, 0.29) is 25.9 Å². The van der Waals surface area contributed by atoms with E-state index in [1.54, 1.807) is 6.92 Å². The summed E-state index contributed by atoms with van der Waals surface area (Å²) in [5, 5.41) is 9.53. The molecule has 4 nitrogen and oxygen atoms in total. The Morgan fingerprint density at radius 3 is 2.65 bits per heavy atom. The van der Waals surface area contributed by atoms with Gasteiger partial charge in [-0.1, -0.05) is 6.92 Å². The van der Waals surface area contributed by atoms with Crippen molar-refractivity contribution in [3.05, 3.63) is 0 Å². The topological polar surface area (TPSA) is 66.6 Å². The van der Waals surface area contributed by atoms with Crippen molar-refractivity contribution in [1.82, 2.24) is 4.90 Å². The number of piperidine rings is 1. The molecular weight excluding hydrogens is 237 g/mol. The molecule has 1 aliphatic rings. The number of likely N-dealkylation sites (tertiary alicyclic amines) is 1. The van der Waals surface area contributed by atoms with E-state index in [9.17, 15) is 23.1 Å². The summed E-state index contributed by atoms with van der Waals surface area (Å²) in [6, 6.07) is 0. The van der Waals surface area contributed by atoms with Crippen molar-refractivity contribution in [3.8, 4) is 0 Å². The number of carbonyl (C=O) groups is 1. The van der Waals surface area contributed by atoms with Crippen LogP contribution in [0, 0.1) is 5.92 Å². The zero-order valence-corrected chi connectivity index (χ0v) is 9.63. The predicted molar refractivity (Wildman–Crippen MR) is 55.0 cm³/mol. The lowest BCUT2D eigenvalue weighted by atomic mass is 9.91. The zero-order valence-electron chi connectivity index (χ0n) is 9.63. The smallest absolute Gasteiger partial charge is 0.379 e. The molecule has 0 saturated carbocycles. The van der Waals surface area contributed by atoms with Crippen LogP contribution in [0.1, 0.15) is 19.8 Å². The quantitative estimate of drug-likeness (QED) is 0.754. The highest BCUT2D eigenvalue weighted by Crippen LogP contribution is 2.37. The van der Waals surface area contributed by atoms with Crippen LogP contribution < -0.4 is 5.73 Å². The summed E-state index contributed by atoms with van der Waals surface area (Å²) in [6.45, 7) is 1.19. The van der Waals surface area contributed by atoms with E-state index < -0.39 is 30.1 Å². The minimum Gasteiger partial charge on any atom is -0.379 e. The fraction of sp³-hybridized carbons (Fsp3) is 0.900. The summed E-state index contributed by atoms with van der Waals surface area (Å²) in [5.74, 6) is -0.958. The third-order valence-electron chi connectivity index (χ3n) is 3.09. The maximum absolute atomic E-state index is 12.6. The Labute approximate surface area is 97.6 Å². The van der Waals surface area contributed by atoms with Crippen LogP contribution in [-0.2, 0) is 4.79 Å². The number of nitrogens with zero attached hydrogens (tertiary/aromatic N) is 1. The van der Waals surface area contributed by atoms with Crippen molar-refractivity contribution in [2.75, 3.05) is 19.6 Å². The molecule has 1 rings (SSSR count). The largest absolute Gasteiger partial charge is 0.418 e. The molecule has 17 heavy (non-hydrogen) atoms. The van der Waals surface area contributed by atoms with Gasteiger partial charge in [-0.15, -0.1) is 0 Å². The van der Waals surface area contributed by atoms with Gasteiger partial charge in [-0.3, -0.25) is 4.79 Å². The Bertz CT molecular complexity index is 296. The van der Waals surface area contributed by atoms with Gasteiger partial charge in [0, 0.05) is 19.0 Å². The maximum atomic E-state index is 12.6. The Morgan fingerprint density at radius 2 is 2.18 bits per heavy atom. The maximum Gasteiger partial charge on any atom is 0.418 e. The molecule has 0 radical (unpaired) electrons. The lowest BCUT2D eigenvalue weighted by Crippen LogP contribution is -2.59. The van der Waals surface area contributed by atoms with Crippen molar-refractivity contribution < 1.29 is 23.1 Å². The van der Waals surface area contributed by atoms with Gasteiger partial charge in [0.25, 0.3) is 0 Å². The highest BCUT2D eigenvalue weighted by Gasteiger charge is 2.56. The lowest BCUT2D eigenvalue weighted by molar-refractivity contribution is -0.272. The van der Waals surface area contributed by atoms with Crippen LogP contribution in [0.4, 0.5) is 13.2 Å². The van der Waals surface area contributed by atoms with E-state index in [0.717, 1.165) is 4.90 Å². The van der Waals surface area contributed by atoms with Gasteiger partial charge in [-0.25, -0.2) is 0 Å². The number of hydrogen-bond acceptors (Lipinski definition) is 3. The lowest BCUT2D eigenvalue weighted by Gasteiger charge is -2.40. The molecular formula is C10H17F3N2O2. The number of amides is 1. The van der Waals surface area contributed by atoms with Crippen LogP contribution in [0.5, 0.6) is 0 Å². The van der Waals surface area contributed by atoms with E-state index in [2.05, 4.69) is 0 Å². The van der Waals surface area contributed by atoms with Crippen molar-refractivity contribution in [2.24, 2.45) is 11.7 Å². The summed E-state index contributed by atoms with van der Waals surface area (Å²) in [5.41, 5.74) is 2.52. The molecule has 0 spiro atoms. The molecule has 0 bridgehead atoms. The molecule has 7 heteroatoms. The predicted octanol–water partition coefficient (Wildman–Crippen LogP) is 0.497. The van der Waals surface area contributed by atoms with Crippen LogP contribution in [0.2, 0.25) is 0 Å². The summed E-state index contributed by atoms with van der Waals surface area (Å²) >= 11 is 0. The van der Waals surface area contributed by atoms with Gasteiger partial charge in [0.1, 0.15) is 0 Å². The van der Waals surface area contributed by atoms with Crippen molar-refractivity contribution >= 4 is 5.91 Å². The van der Waals surface area contributed by atoms with E-state index in [1.807, 2.05) is 0 Å². The Hall–Kier alpha value is -0.820. The molecule has 1 saturated heterocycles. The zero-order chi connectivity index (χ0) is 13.3. The summed E-state index contributed by atoms with van der Waals surface area (Å²) in [4.78, 5) is 12.8. The van der Waals surface area contributed by atoms with Gasteiger partial charge >= 0.3 is 6.18 Å². The van der Waals surface area contributed by atoms with E-state index in [4.69, 9.17) is 5.73 Å². The van der Waals surface area contributed by atoms with Gasteiger partial charge < -0.3 is 15.7 Å². The molecule has 2 atom stereocenters. The van der Waals surface area contributed by atoms with Crippen LogP contribution in [0.3, 0.4) is 0 Å². The molecule has 0 aliphatic carbocycles. The first-order chi connectivity index (χ1) is 7.71. The number of rotatable bonds is 2. The molecule has 1 heterocycles. The van der Waals surface area contributed by atoms with E-state index >= 15 is 0 Å². The van der Waals surface area contributed by atoms with Gasteiger partial charge in [0.05, 0.1) is 6.54 Å². The number of alkyl halides is 3. The first kappa shape index (κ1) is 14.2. The molecule has 3 N–H and O–H groups in total. The Balaban J connectivity index is 2.77. The second kappa shape index (κ2) is 4.81. The highest BCUT2D eigenvalue weighted by molar-refractivity contribution is 5.78. The number of β-amino-alcohol motifs (C(OH)–C–C–N with tert-alkyl or cyclic N) is 1. The minimum absolute atomic E-state index is 0.0831. The van der Waals surface area contributed by atoms with Crippen LogP contribution in [0.25, 0.3) is 0 Å². The molecule has 0 aromatic carbocycles. The van der Waals surface area contributed by atoms with E-state index in [0.29, 0.717) is 0 Å². The second-order valence-electron chi connectivity index (χ2n) is 4.53. The monoisotopic (exact) mass is 254 g/mol. The number of halogens is 3. The molecule has 100 valence electrons. The minimum atomic E-state index is -4.71. The Kier molecular flexibility index (Phi) is 4.03. The van der Waals surface area contributed by atoms with Crippen molar-refractivity contribution in [3.63, 3.8) is 0 Å². The number of carbonyl (C=O) groups excluding carboxylic acids is 1. The summed E-state index contributed by atoms with van der Waals surface area (Å²) in [7, 11) is 0. The normalized spacial score (nSPS) is 28.0. The molecule has 0 aromatic rings. The van der Waals surface area contributed by atoms with Gasteiger partial charge in [0.15, 0.2) is 5.60 Å². The average Bonchev–Trinajstić information content (AvgIpc) is 2.25. The van der Waals surface area contributed by atoms with Gasteiger partial charge in [-0.05, 0) is 12.8 Å². The standard InChI is InChI=1S/C10H17F3N2O2/c1-7(5-14)8(16)15-4-2-3-9(17,6-15)10(11,12)13/h7,17H,2-6,14H2,1H3.